The Hall–Kier alpha value is -0.860. The number of aryl methyl sites for hydroxylation is 1. The van der Waals surface area contributed by atoms with Crippen LogP contribution in [0.3, 0.4) is 0 Å². The van der Waals surface area contributed by atoms with Crippen molar-refractivity contribution in [1.82, 2.24) is 5.32 Å². The normalized spacial score (nSPS) is 24.9. The zero-order valence-corrected chi connectivity index (χ0v) is 10.2. The maximum absolute atomic E-state index is 5.38. The van der Waals surface area contributed by atoms with Gasteiger partial charge in [-0.1, -0.05) is 24.3 Å². The van der Waals surface area contributed by atoms with Crippen molar-refractivity contribution in [3.8, 4) is 0 Å². The maximum atomic E-state index is 5.38. The molecule has 1 aliphatic carbocycles. The summed E-state index contributed by atoms with van der Waals surface area (Å²) in [6.07, 6.45) is 4.06. The highest BCUT2D eigenvalue weighted by Gasteiger charge is 2.23. The number of rotatable bonds is 4. The second-order valence-electron chi connectivity index (χ2n) is 4.68. The average molecular weight is 219 g/mol. The number of methoxy groups -OCH3 is 1. The Morgan fingerprint density at radius 2 is 2.12 bits per heavy atom. The third-order valence-corrected chi connectivity index (χ3v) is 3.56. The van der Waals surface area contributed by atoms with Crippen LogP contribution in [0.2, 0.25) is 0 Å². The minimum absolute atomic E-state index is 0.467. The highest BCUT2D eigenvalue weighted by Crippen LogP contribution is 2.21. The summed E-state index contributed by atoms with van der Waals surface area (Å²) < 4.78 is 5.38. The topological polar surface area (TPSA) is 21.3 Å². The molecule has 0 amide bonds. The van der Waals surface area contributed by atoms with Crippen LogP contribution in [0.4, 0.5) is 0 Å². The summed E-state index contributed by atoms with van der Waals surface area (Å²) in [5.74, 6) is 0. The molecule has 1 aliphatic rings. The molecule has 1 N–H and O–H groups in total. The molecule has 0 bridgehead atoms. The smallest absolute Gasteiger partial charge is 0.0586 e. The van der Waals surface area contributed by atoms with Crippen LogP contribution in [0, 0.1) is 6.92 Å². The molecule has 1 aromatic carbocycles. The minimum Gasteiger partial charge on any atom is -0.381 e. The van der Waals surface area contributed by atoms with Gasteiger partial charge in [-0.3, -0.25) is 0 Å². The molecule has 1 saturated carbocycles. The van der Waals surface area contributed by atoms with Crippen LogP contribution >= 0.6 is 0 Å². The molecule has 1 aromatic rings. The second kappa shape index (κ2) is 5.46. The Morgan fingerprint density at radius 1 is 1.31 bits per heavy atom. The lowest BCUT2D eigenvalue weighted by atomic mass is 10.1. The molecule has 88 valence electrons. The summed E-state index contributed by atoms with van der Waals surface area (Å²) in [5, 5.41) is 3.62. The molecular formula is C14H21NO. The lowest BCUT2D eigenvalue weighted by molar-refractivity contribution is 0.107. The van der Waals surface area contributed by atoms with Crippen LogP contribution in [0.15, 0.2) is 24.3 Å². The lowest BCUT2D eigenvalue weighted by Gasteiger charge is -2.14. The predicted molar refractivity (Wildman–Crippen MR) is 66.5 cm³/mol. The highest BCUT2D eigenvalue weighted by atomic mass is 16.5. The van der Waals surface area contributed by atoms with Crippen molar-refractivity contribution in [1.29, 1.82) is 0 Å². The quantitative estimate of drug-likeness (QED) is 0.840. The van der Waals surface area contributed by atoms with Crippen LogP contribution in [0.1, 0.15) is 30.4 Å². The average Bonchev–Trinajstić information content (AvgIpc) is 2.76. The van der Waals surface area contributed by atoms with Crippen LogP contribution in [0.25, 0.3) is 0 Å². The van der Waals surface area contributed by atoms with Crippen LogP contribution in [0.5, 0.6) is 0 Å². The van der Waals surface area contributed by atoms with Crippen molar-refractivity contribution in [2.45, 2.75) is 44.9 Å². The van der Waals surface area contributed by atoms with Gasteiger partial charge >= 0.3 is 0 Å². The molecule has 2 unspecified atom stereocenters. The van der Waals surface area contributed by atoms with E-state index in [1.807, 2.05) is 7.11 Å². The molecule has 2 heteroatoms. The fourth-order valence-electron chi connectivity index (χ4n) is 2.40. The molecule has 2 rings (SSSR count). The summed E-state index contributed by atoms with van der Waals surface area (Å²) in [6.45, 7) is 3.15. The van der Waals surface area contributed by atoms with Gasteiger partial charge in [0.1, 0.15) is 0 Å². The Labute approximate surface area is 98.0 Å². The Morgan fingerprint density at radius 3 is 2.81 bits per heavy atom. The molecule has 1 fully saturated rings. The molecule has 0 aromatic heterocycles. The highest BCUT2D eigenvalue weighted by molar-refractivity contribution is 5.25. The van der Waals surface area contributed by atoms with Gasteiger partial charge in [0, 0.05) is 19.7 Å². The van der Waals surface area contributed by atoms with Gasteiger partial charge < -0.3 is 10.1 Å². The number of benzene rings is 1. The van der Waals surface area contributed by atoms with Crippen molar-refractivity contribution < 1.29 is 4.74 Å². The molecule has 16 heavy (non-hydrogen) atoms. The van der Waals surface area contributed by atoms with Crippen LogP contribution in [-0.2, 0) is 11.3 Å². The Balaban J connectivity index is 1.82. The third-order valence-electron chi connectivity index (χ3n) is 3.56. The van der Waals surface area contributed by atoms with Gasteiger partial charge in [-0.15, -0.1) is 0 Å². The van der Waals surface area contributed by atoms with E-state index in [1.165, 1.54) is 24.0 Å². The summed E-state index contributed by atoms with van der Waals surface area (Å²) >= 11 is 0. The molecule has 0 saturated heterocycles. The van der Waals surface area contributed by atoms with Crippen molar-refractivity contribution in [3.63, 3.8) is 0 Å². The molecular weight excluding hydrogens is 198 g/mol. The fraction of sp³-hybridized carbons (Fsp3) is 0.571. The van der Waals surface area contributed by atoms with Crippen molar-refractivity contribution >= 4 is 0 Å². The SMILES string of the molecule is COC1CCC(NCc2ccccc2C)C1. The maximum Gasteiger partial charge on any atom is 0.0586 e. The van der Waals surface area contributed by atoms with Gasteiger partial charge in [0.25, 0.3) is 0 Å². The van der Waals surface area contributed by atoms with Crippen LogP contribution < -0.4 is 5.32 Å². The van der Waals surface area contributed by atoms with Crippen molar-refractivity contribution in [3.05, 3.63) is 35.4 Å². The standard InChI is InChI=1S/C14H21NO/c1-11-5-3-4-6-12(11)10-15-13-7-8-14(9-13)16-2/h3-6,13-15H,7-10H2,1-2H3. The third kappa shape index (κ3) is 2.83. The molecule has 0 spiro atoms. The molecule has 0 radical (unpaired) electrons. The fourth-order valence-corrected chi connectivity index (χ4v) is 2.40. The van der Waals surface area contributed by atoms with Gasteiger partial charge in [-0.25, -0.2) is 0 Å². The number of hydrogen-bond donors (Lipinski definition) is 1. The van der Waals surface area contributed by atoms with Gasteiger partial charge in [-0.2, -0.15) is 0 Å². The Kier molecular flexibility index (Phi) is 3.97. The summed E-state index contributed by atoms with van der Waals surface area (Å²) in [6, 6.07) is 9.20. The summed E-state index contributed by atoms with van der Waals surface area (Å²) in [7, 11) is 1.81. The first-order valence-electron chi connectivity index (χ1n) is 6.10. The van der Waals surface area contributed by atoms with E-state index in [-0.39, 0.29) is 0 Å². The predicted octanol–water partition coefficient (Wildman–Crippen LogP) is 2.65. The minimum atomic E-state index is 0.467. The lowest BCUT2D eigenvalue weighted by Crippen LogP contribution is -2.26. The Bertz CT molecular complexity index is 337. The molecule has 2 nitrogen and oxygen atoms in total. The summed E-state index contributed by atoms with van der Waals surface area (Å²) in [5.41, 5.74) is 2.78. The first-order chi connectivity index (χ1) is 7.79. The first kappa shape index (κ1) is 11.6. The van der Waals surface area contributed by atoms with E-state index in [0.29, 0.717) is 12.1 Å². The second-order valence-corrected chi connectivity index (χ2v) is 4.68. The van der Waals surface area contributed by atoms with E-state index in [4.69, 9.17) is 4.74 Å². The molecule has 0 heterocycles. The molecule has 0 aliphatic heterocycles. The molecule has 2 atom stereocenters. The van der Waals surface area contributed by atoms with Gasteiger partial charge in [-0.05, 0) is 37.3 Å². The monoisotopic (exact) mass is 219 g/mol. The van der Waals surface area contributed by atoms with E-state index in [2.05, 4.69) is 36.5 Å². The van der Waals surface area contributed by atoms with Gasteiger partial charge in [0.05, 0.1) is 6.10 Å². The largest absolute Gasteiger partial charge is 0.381 e. The van der Waals surface area contributed by atoms with E-state index >= 15 is 0 Å². The first-order valence-corrected chi connectivity index (χ1v) is 6.10. The van der Waals surface area contributed by atoms with Crippen molar-refractivity contribution in [2.24, 2.45) is 0 Å². The zero-order chi connectivity index (χ0) is 11.4. The zero-order valence-electron chi connectivity index (χ0n) is 10.2. The van der Waals surface area contributed by atoms with Gasteiger partial charge in [0.2, 0.25) is 0 Å². The van der Waals surface area contributed by atoms with Gasteiger partial charge in [0.15, 0.2) is 0 Å². The van der Waals surface area contributed by atoms with E-state index in [1.54, 1.807) is 0 Å². The number of nitrogens with one attached hydrogen (secondary N) is 1. The number of ether oxygens (including phenoxy) is 1. The number of hydrogen-bond acceptors (Lipinski definition) is 2. The van der Waals surface area contributed by atoms with Crippen molar-refractivity contribution in [2.75, 3.05) is 7.11 Å². The van der Waals surface area contributed by atoms with E-state index in [9.17, 15) is 0 Å². The van der Waals surface area contributed by atoms with E-state index in [0.717, 1.165) is 13.0 Å². The van der Waals surface area contributed by atoms with Crippen LogP contribution in [-0.4, -0.2) is 19.3 Å². The summed E-state index contributed by atoms with van der Waals surface area (Å²) in [4.78, 5) is 0. The van der Waals surface area contributed by atoms with E-state index < -0.39 is 0 Å².